The fraction of sp³-hybridized carbons (Fsp3) is 0.250. The standard InChI is InChI=1S/C16H18N2O2/c1-3-20-15-9-5-4-8-14(15)16(19)18-12(2)13-7-6-10-17-11-13/h4-12H,3H2,1-2H3,(H,18,19). The highest BCUT2D eigenvalue weighted by atomic mass is 16.5. The van der Waals surface area contributed by atoms with Crippen molar-refractivity contribution in [2.45, 2.75) is 19.9 Å². The summed E-state index contributed by atoms with van der Waals surface area (Å²) in [6.07, 6.45) is 3.46. The van der Waals surface area contributed by atoms with E-state index < -0.39 is 0 Å². The number of nitrogens with one attached hydrogen (secondary N) is 1. The number of para-hydroxylation sites is 1. The molecule has 0 aliphatic carbocycles. The number of hydrogen-bond donors (Lipinski definition) is 1. The van der Waals surface area contributed by atoms with Crippen molar-refractivity contribution in [1.29, 1.82) is 0 Å². The molecule has 1 amide bonds. The van der Waals surface area contributed by atoms with Gasteiger partial charge in [-0.2, -0.15) is 0 Å². The van der Waals surface area contributed by atoms with E-state index in [2.05, 4.69) is 10.3 Å². The van der Waals surface area contributed by atoms with E-state index in [1.807, 2.05) is 38.1 Å². The summed E-state index contributed by atoms with van der Waals surface area (Å²) in [5.74, 6) is 0.455. The first-order chi connectivity index (χ1) is 9.72. The summed E-state index contributed by atoms with van der Waals surface area (Å²) >= 11 is 0. The van der Waals surface area contributed by atoms with Crippen molar-refractivity contribution in [2.75, 3.05) is 6.61 Å². The van der Waals surface area contributed by atoms with Gasteiger partial charge in [-0.3, -0.25) is 9.78 Å². The SMILES string of the molecule is CCOc1ccccc1C(=O)NC(C)c1cccnc1. The second-order valence-electron chi connectivity index (χ2n) is 4.41. The molecule has 0 saturated carbocycles. The molecule has 20 heavy (non-hydrogen) atoms. The molecule has 104 valence electrons. The summed E-state index contributed by atoms with van der Waals surface area (Å²) in [4.78, 5) is 16.4. The van der Waals surface area contributed by atoms with E-state index in [9.17, 15) is 4.79 Å². The largest absolute Gasteiger partial charge is 0.493 e. The molecule has 0 radical (unpaired) electrons. The third kappa shape index (κ3) is 3.35. The summed E-state index contributed by atoms with van der Waals surface area (Å²) in [7, 11) is 0. The highest BCUT2D eigenvalue weighted by molar-refractivity contribution is 5.97. The van der Waals surface area contributed by atoms with Gasteiger partial charge in [0, 0.05) is 12.4 Å². The Morgan fingerprint density at radius 2 is 2.10 bits per heavy atom. The second kappa shape index (κ2) is 6.70. The third-order valence-corrected chi connectivity index (χ3v) is 2.96. The van der Waals surface area contributed by atoms with Gasteiger partial charge >= 0.3 is 0 Å². The van der Waals surface area contributed by atoms with E-state index >= 15 is 0 Å². The Hall–Kier alpha value is -2.36. The van der Waals surface area contributed by atoms with Gasteiger partial charge in [0.05, 0.1) is 18.2 Å². The predicted molar refractivity (Wildman–Crippen MR) is 77.7 cm³/mol. The van der Waals surface area contributed by atoms with Gasteiger partial charge in [0.25, 0.3) is 5.91 Å². The van der Waals surface area contributed by atoms with Crippen LogP contribution in [0.2, 0.25) is 0 Å². The van der Waals surface area contributed by atoms with Gasteiger partial charge in [-0.25, -0.2) is 0 Å². The second-order valence-corrected chi connectivity index (χ2v) is 4.41. The van der Waals surface area contributed by atoms with Crippen LogP contribution in [0, 0.1) is 0 Å². The van der Waals surface area contributed by atoms with Gasteiger partial charge in [-0.15, -0.1) is 0 Å². The molecule has 1 heterocycles. The van der Waals surface area contributed by atoms with Crippen molar-refractivity contribution in [1.82, 2.24) is 10.3 Å². The number of carbonyl (C=O) groups excluding carboxylic acids is 1. The lowest BCUT2D eigenvalue weighted by Gasteiger charge is -2.15. The van der Waals surface area contributed by atoms with Gasteiger partial charge < -0.3 is 10.1 Å². The number of ether oxygens (including phenoxy) is 1. The predicted octanol–water partition coefficient (Wildman–Crippen LogP) is 2.97. The van der Waals surface area contributed by atoms with Crippen LogP contribution in [0.3, 0.4) is 0 Å². The van der Waals surface area contributed by atoms with Crippen molar-refractivity contribution >= 4 is 5.91 Å². The summed E-state index contributed by atoms with van der Waals surface area (Å²) in [6.45, 7) is 4.35. The molecule has 0 fully saturated rings. The fourth-order valence-electron chi connectivity index (χ4n) is 1.93. The van der Waals surface area contributed by atoms with Crippen LogP contribution >= 0.6 is 0 Å². The van der Waals surface area contributed by atoms with Crippen molar-refractivity contribution in [2.24, 2.45) is 0 Å². The summed E-state index contributed by atoms with van der Waals surface area (Å²) in [5.41, 5.74) is 1.51. The molecular formula is C16H18N2O2. The Balaban J connectivity index is 2.12. The molecular weight excluding hydrogens is 252 g/mol. The van der Waals surface area contributed by atoms with Crippen LogP contribution < -0.4 is 10.1 Å². The molecule has 1 N–H and O–H groups in total. The van der Waals surface area contributed by atoms with Gasteiger partial charge in [-0.05, 0) is 37.6 Å². The first-order valence-electron chi connectivity index (χ1n) is 6.65. The number of benzene rings is 1. The van der Waals surface area contributed by atoms with Crippen LogP contribution in [-0.4, -0.2) is 17.5 Å². The lowest BCUT2D eigenvalue weighted by Crippen LogP contribution is -2.27. The third-order valence-electron chi connectivity index (χ3n) is 2.96. The van der Waals surface area contributed by atoms with Crippen molar-refractivity contribution in [3.63, 3.8) is 0 Å². The molecule has 2 aromatic rings. The van der Waals surface area contributed by atoms with Gasteiger partial charge in [0.2, 0.25) is 0 Å². The number of nitrogens with zero attached hydrogens (tertiary/aromatic N) is 1. The zero-order valence-corrected chi connectivity index (χ0v) is 11.7. The maximum atomic E-state index is 12.3. The zero-order chi connectivity index (χ0) is 14.4. The molecule has 0 aliphatic heterocycles. The van der Waals surface area contributed by atoms with E-state index in [4.69, 9.17) is 4.74 Å². The van der Waals surface area contributed by atoms with Crippen molar-refractivity contribution in [3.05, 3.63) is 59.9 Å². The molecule has 4 heteroatoms. The number of rotatable bonds is 5. The molecule has 0 saturated heterocycles. The Kier molecular flexibility index (Phi) is 4.71. The topological polar surface area (TPSA) is 51.2 Å². The van der Waals surface area contributed by atoms with Crippen LogP contribution in [0.4, 0.5) is 0 Å². The molecule has 1 aromatic carbocycles. The van der Waals surface area contributed by atoms with E-state index in [0.717, 1.165) is 5.56 Å². The summed E-state index contributed by atoms with van der Waals surface area (Å²) < 4.78 is 5.47. The minimum atomic E-state index is -0.148. The number of carbonyl (C=O) groups is 1. The van der Waals surface area contributed by atoms with Crippen molar-refractivity contribution in [3.8, 4) is 5.75 Å². The Bertz CT molecular complexity index is 570. The van der Waals surface area contributed by atoms with E-state index in [-0.39, 0.29) is 11.9 Å². The van der Waals surface area contributed by atoms with Crippen LogP contribution in [0.25, 0.3) is 0 Å². The molecule has 4 nitrogen and oxygen atoms in total. The van der Waals surface area contributed by atoms with E-state index in [1.165, 1.54) is 0 Å². The van der Waals surface area contributed by atoms with E-state index in [0.29, 0.717) is 17.9 Å². The summed E-state index contributed by atoms with van der Waals surface area (Å²) in [6, 6.07) is 10.9. The van der Waals surface area contributed by atoms with Crippen molar-refractivity contribution < 1.29 is 9.53 Å². The number of pyridine rings is 1. The maximum Gasteiger partial charge on any atom is 0.255 e. The first kappa shape index (κ1) is 14.1. The Morgan fingerprint density at radius 1 is 1.30 bits per heavy atom. The molecule has 1 aromatic heterocycles. The first-order valence-corrected chi connectivity index (χ1v) is 6.65. The van der Waals surface area contributed by atoms with E-state index in [1.54, 1.807) is 24.5 Å². The highest BCUT2D eigenvalue weighted by Gasteiger charge is 2.15. The lowest BCUT2D eigenvalue weighted by atomic mass is 10.1. The smallest absolute Gasteiger partial charge is 0.255 e. The Labute approximate surface area is 118 Å². The van der Waals surface area contributed by atoms with Crippen LogP contribution in [0.15, 0.2) is 48.8 Å². The number of hydrogen-bond acceptors (Lipinski definition) is 3. The molecule has 1 atom stereocenters. The van der Waals surface area contributed by atoms with Crippen LogP contribution in [0.1, 0.15) is 35.8 Å². The Morgan fingerprint density at radius 3 is 2.80 bits per heavy atom. The van der Waals surface area contributed by atoms with Crippen LogP contribution in [-0.2, 0) is 0 Å². The minimum Gasteiger partial charge on any atom is -0.493 e. The normalized spacial score (nSPS) is 11.7. The average Bonchev–Trinajstić information content (AvgIpc) is 2.49. The molecule has 0 bridgehead atoms. The minimum absolute atomic E-state index is 0.106. The van der Waals surface area contributed by atoms with Gasteiger partial charge in [0.1, 0.15) is 5.75 Å². The number of amides is 1. The average molecular weight is 270 g/mol. The molecule has 0 aliphatic rings. The molecule has 0 spiro atoms. The number of aromatic nitrogens is 1. The molecule has 2 rings (SSSR count). The fourth-order valence-corrected chi connectivity index (χ4v) is 1.93. The lowest BCUT2D eigenvalue weighted by molar-refractivity contribution is 0.0936. The highest BCUT2D eigenvalue weighted by Crippen LogP contribution is 2.19. The van der Waals surface area contributed by atoms with Gasteiger partial charge in [0.15, 0.2) is 0 Å². The quantitative estimate of drug-likeness (QED) is 0.908. The maximum absolute atomic E-state index is 12.3. The van der Waals surface area contributed by atoms with Crippen LogP contribution in [0.5, 0.6) is 5.75 Å². The zero-order valence-electron chi connectivity index (χ0n) is 11.7. The molecule has 1 unspecified atom stereocenters. The summed E-state index contributed by atoms with van der Waals surface area (Å²) in [5, 5.41) is 2.95. The monoisotopic (exact) mass is 270 g/mol. The van der Waals surface area contributed by atoms with Gasteiger partial charge in [-0.1, -0.05) is 18.2 Å².